The first kappa shape index (κ1) is 9.00. The number of oxazole rings is 1. The van der Waals surface area contributed by atoms with E-state index < -0.39 is 0 Å². The summed E-state index contributed by atoms with van der Waals surface area (Å²) in [6, 6.07) is 10.1. The van der Waals surface area contributed by atoms with Crippen molar-refractivity contribution in [1.82, 2.24) is 4.98 Å². The molecule has 0 atom stereocenters. The molecule has 0 saturated heterocycles. The van der Waals surface area contributed by atoms with Crippen molar-refractivity contribution in [2.75, 3.05) is 0 Å². The zero-order valence-electron chi connectivity index (χ0n) is 8.23. The number of nitrogens with zero attached hydrogens (tertiary/aromatic N) is 1. The zero-order chi connectivity index (χ0) is 9.80. The molecule has 0 bridgehead atoms. The predicted molar refractivity (Wildman–Crippen MR) is 55.9 cm³/mol. The zero-order valence-corrected chi connectivity index (χ0v) is 8.23. The van der Waals surface area contributed by atoms with Crippen molar-refractivity contribution in [3.8, 4) is 11.3 Å². The molecule has 1 aromatic carbocycles. The Labute approximate surface area is 83.6 Å². The van der Waals surface area contributed by atoms with Crippen LogP contribution in [0.15, 0.2) is 41.1 Å². The summed E-state index contributed by atoms with van der Waals surface area (Å²) in [5.41, 5.74) is 2.16. The van der Waals surface area contributed by atoms with Gasteiger partial charge in [-0.15, -0.1) is 0 Å². The van der Waals surface area contributed by atoms with E-state index in [1.54, 1.807) is 0 Å². The van der Waals surface area contributed by atoms with Crippen molar-refractivity contribution in [1.29, 1.82) is 0 Å². The number of hydrogen-bond donors (Lipinski definition) is 0. The van der Waals surface area contributed by atoms with Crippen LogP contribution in [0.25, 0.3) is 11.3 Å². The Hall–Kier alpha value is -1.57. The van der Waals surface area contributed by atoms with Crippen LogP contribution in [-0.2, 0) is 6.42 Å². The summed E-state index contributed by atoms with van der Waals surface area (Å²) in [4.78, 5) is 4.22. The van der Waals surface area contributed by atoms with E-state index in [1.807, 2.05) is 30.3 Å². The lowest BCUT2D eigenvalue weighted by Crippen LogP contribution is -1.86. The van der Waals surface area contributed by atoms with Crippen LogP contribution in [0.5, 0.6) is 0 Å². The Bertz CT molecular complexity index is 392. The molecule has 0 unspecified atom stereocenters. The molecule has 2 aromatic rings. The fraction of sp³-hybridized carbons (Fsp3) is 0.250. The van der Waals surface area contributed by atoms with E-state index >= 15 is 0 Å². The summed E-state index contributed by atoms with van der Waals surface area (Å²) in [5, 5.41) is 0. The topological polar surface area (TPSA) is 26.0 Å². The Balaban J connectivity index is 2.37. The molecule has 0 aliphatic rings. The average molecular weight is 187 g/mol. The second kappa shape index (κ2) is 4.09. The normalized spacial score (nSPS) is 10.4. The average Bonchev–Trinajstić information content (AvgIpc) is 2.68. The predicted octanol–water partition coefficient (Wildman–Crippen LogP) is 3.29. The van der Waals surface area contributed by atoms with Crippen molar-refractivity contribution >= 4 is 0 Å². The second-order valence-electron chi connectivity index (χ2n) is 3.24. The lowest BCUT2D eigenvalue weighted by atomic mass is 10.1. The van der Waals surface area contributed by atoms with Crippen molar-refractivity contribution in [3.05, 3.63) is 42.4 Å². The third-order valence-corrected chi connectivity index (χ3v) is 2.16. The Morgan fingerprint density at radius 2 is 2.00 bits per heavy atom. The molecule has 1 heterocycles. The molecule has 0 fully saturated rings. The van der Waals surface area contributed by atoms with Crippen molar-refractivity contribution in [2.45, 2.75) is 19.8 Å². The molecule has 2 rings (SSSR count). The van der Waals surface area contributed by atoms with Crippen LogP contribution in [0.2, 0.25) is 0 Å². The fourth-order valence-corrected chi connectivity index (χ4v) is 1.51. The second-order valence-corrected chi connectivity index (χ2v) is 3.24. The van der Waals surface area contributed by atoms with Crippen LogP contribution in [0.3, 0.4) is 0 Å². The number of aromatic nitrogens is 1. The number of hydrogen-bond acceptors (Lipinski definition) is 2. The quantitative estimate of drug-likeness (QED) is 0.736. The van der Waals surface area contributed by atoms with Gasteiger partial charge in [-0.2, -0.15) is 0 Å². The van der Waals surface area contributed by atoms with Crippen LogP contribution < -0.4 is 0 Å². The van der Waals surface area contributed by atoms with Crippen LogP contribution in [-0.4, -0.2) is 4.98 Å². The SMILES string of the molecule is CCCc1ncoc1-c1ccccc1. The van der Waals surface area contributed by atoms with Gasteiger partial charge < -0.3 is 4.42 Å². The molecule has 1 aromatic heterocycles. The standard InChI is InChI=1S/C12H13NO/c1-2-6-11-12(14-9-13-11)10-7-4-3-5-8-10/h3-5,7-9H,2,6H2,1H3. The monoisotopic (exact) mass is 187 g/mol. The van der Waals surface area contributed by atoms with Gasteiger partial charge in [-0.3, -0.25) is 0 Å². The van der Waals surface area contributed by atoms with E-state index in [2.05, 4.69) is 11.9 Å². The molecular weight excluding hydrogens is 174 g/mol. The van der Waals surface area contributed by atoms with Gasteiger partial charge in [-0.25, -0.2) is 4.98 Å². The lowest BCUT2D eigenvalue weighted by Gasteiger charge is -1.98. The van der Waals surface area contributed by atoms with Gasteiger partial charge in [-0.05, 0) is 6.42 Å². The van der Waals surface area contributed by atoms with Gasteiger partial charge in [0.25, 0.3) is 0 Å². The van der Waals surface area contributed by atoms with Gasteiger partial charge >= 0.3 is 0 Å². The smallest absolute Gasteiger partial charge is 0.181 e. The molecule has 2 heteroatoms. The highest BCUT2D eigenvalue weighted by molar-refractivity contribution is 5.59. The molecule has 72 valence electrons. The highest BCUT2D eigenvalue weighted by Gasteiger charge is 2.08. The first-order valence-corrected chi connectivity index (χ1v) is 4.89. The van der Waals surface area contributed by atoms with Crippen molar-refractivity contribution < 1.29 is 4.42 Å². The maximum Gasteiger partial charge on any atom is 0.181 e. The molecular formula is C12H13NO. The summed E-state index contributed by atoms with van der Waals surface area (Å²) in [6.07, 6.45) is 3.58. The van der Waals surface area contributed by atoms with Gasteiger partial charge in [0.15, 0.2) is 12.2 Å². The van der Waals surface area contributed by atoms with E-state index in [0.717, 1.165) is 29.9 Å². The van der Waals surface area contributed by atoms with Crippen LogP contribution in [0, 0.1) is 0 Å². The maximum absolute atomic E-state index is 5.39. The van der Waals surface area contributed by atoms with Gasteiger partial charge in [0.1, 0.15) is 0 Å². The highest BCUT2D eigenvalue weighted by Crippen LogP contribution is 2.23. The van der Waals surface area contributed by atoms with E-state index in [9.17, 15) is 0 Å². The molecule has 0 aliphatic heterocycles. The van der Waals surface area contributed by atoms with Gasteiger partial charge in [0.2, 0.25) is 0 Å². The van der Waals surface area contributed by atoms with E-state index in [4.69, 9.17) is 4.42 Å². The van der Waals surface area contributed by atoms with Gasteiger partial charge in [0.05, 0.1) is 5.69 Å². The Morgan fingerprint density at radius 3 is 2.71 bits per heavy atom. The van der Waals surface area contributed by atoms with E-state index in [0.29, 0.717) is 0 Å². The van der Waals surface area contributed by atoms with Crippen LogP contribution in [0.4, 0.5) is 0 Å². The highest BCUT2D eigenvalue weighted by atomic mass is 16.3. The molecule has 0 spiro atoms. The Kier molecular flexibility index (Phi) is 2.63. The first-order valence-electron chi connectivity index (χ1n) is 4.89. The van der Waals surface area contributed by atoms with Gasteiger partial charge in [0, 0.05) is 5.56 Å². The van der Waals surface area contributed by atoms with Crippen molar-refractivity contribution in [2.24, 2.45) is 0 Å². The first-order chi connectivity index (χ1) is 6.92. The molecule has 0 radical (unpaired) electrons. The number of aryl methyl sites for hydroxylation is 1. The van der Waals surface area contributed by atoms with Crippen LogP contribution >= 0.6 is 0 Å². The summed E-state index contributed by atoms with van der Waals surface area (Å²) in [5.74, 6) is 0.910. The molecule has 0 saturated carbocycles. The summed E-state index contributed by atoms with van der Waals surface area (Å²) in [7, 11) is 0. The third-order valence-electron chi connectivity index (χ3n) is 2.16. The molecule has 0 amide bonds. The van der Waals surface area contributed by atoms with Crippen LogP contribution in [0.1, 0.15) is 19.0 Å². The minimum atomic E-state index is 0.910. The lowest BCUT2D eigenvalue weighted by molar-refractivity contribution is 0.570. The summed E-state index contributed by atoms with van der Waals surface area (Å²) in [6.45, 7) is 2.14. The van der Waals surface area contributed by atoms with E-state index in [-0.39, 0.29) is 0 Å². The number of rotatable bonds is 3. The third kappa shape index (κ3) is 1.69. The molecule has 14 heavy (non-hydrogen) atoms. The molecule has 2 nitrogen and oxygen atoms in total. The minimum Gasteiger partial charge on any atom is -0.443 e. The summed E-state index contributed by atoms with van der Waals surface area (Å²) >= 11 is 0. The number of benzene rings is 1. The molecule has 0 N–H and O–H groups in total. The van der Waals surface area contributed by atoms with Crippen molar-refractivity contribution in [3.63, 3.8) is 0 Å². The minimum absolute atomic E-state index is 0.910. The molecule has 0 aliphatic carbocycles. The largest absolute Gasteiger partial charge is 0.443 e. The maximum atomic E-state index is 5.39. The van der Waals surface area contributed by atoms with Gasteiger partial charge in [-0.1, -0.05) is 43.7 Å². The fourth-order valence-electron chi connectivity index (χ4n) is 1.51. The van der Waals surface area contributed by atoms with E-state index in [1.165, 1.54) is 6.39 Å². The summed E-state index contributed by atoms with van der Waals surface area (Å²) < 4.78 is 5.39. The Morgan fingerprint density at radius 1 is 1.21 bits per heavy atom.